The second-order valence-corrected chi connectivity index (χ2v) is 7.44. The first-order chi connectivity index (χ1) is 8.97. The van der Waals surface area contributed by atoms with Gasteiger partial charge in [-0.1, -0.05) is 19.3 Å². The van der Waals surface area contributed by atoms with Crippen molar-refractivity contribution in [2.24, 2.45) is 0 Å². The Morgan fingerprint density at radius 2 is 1.74 bits per heavy atom. The first-order valence-electron chi connectivity index (χ1n) is 8.16. The van der Waals surface area contributed by atoms with Gasteiger partial charge in [-0.2, -0.15) is 0 Å². The number of nitrogens with one attached hydrogen (secondary N) is 1. The Hall–Kier alpha value is -0.120. The molecule has 1 aliphatic carbocycles. The molecule has 0 aromatic carbocycles. The molecule has 2 rings (SSSR count). The molecule has 3 atom stereocenters. The molecular weight excluding hydrogens is 236 g/mol. The Morgan fingerprint density at radius 1 is 1.05 bits per heavy atom. The van der Waals surface area contributed by atoms with Crippen LogP contribution in [-0.2, 0) is 0 Å². The van der Waals surface area contributed by atoms with E-state index in [1.807, 2.05) is 0 Å². The quantitative estimate of drug-likeness (QED) is 0.825. The van der Waals surface area contributed by atoms with E-state index in [0.29, 0.717) is 12.1 Å². The van der Waals surface area contributed by atoms with Crippen LogP contribution >= 0.6 is 0 Å². The van der Waals surface area contributed by atoms with Crippen LogP contribution in [0, 0.1) is 0 Å². The highest BCUT2D eigenvalue weighted by Crippen LogP contribution is 2.28. The van der Waals surface area contributed by atoms with Crippen molar-refractivity contribution in [3.63, 3.8) is 0 Å². The molecule has 2 aliphatic rings. The fourth-order valence-electron chi connectivity index (χ4n) is 3.58. The van der Waals surface area contributed by atoms with Crippen LogP contribution in [0.2, 0.25) is 0 Å². The molecule has 3 heteroatoms. The van der Waals surface area contributed by atoms with E-state index in [1.165, 1.54) is 45.1 Å². The SMILES string of the molecule is CC(C)(C)NCC1CCCCN1C1CCCCC1O. The zero-order valence-electron chi connectivity index (χ0n) is 13.0. The summed E-state index contributed by atoms with van der Waals surface area (Å²) < 4.78 is 0. The minimum Gasteiger partial charge on any atom is -0.391 e. The lowest BCUT2D eigenvalue weighted by atomic mass is 9.88. The van der Waals surface area contributed by atoms with Crippen LogP contribution in [-0.4, -0.2) is 46.8 Å². The first kappa shape index (κ1) is 15.3. The lowest BCUT2D eigenvalue weighted by molar-refractivity contribution is -0.0157. The van der Waals surface area contributed by atoms with Crippen molar-refractivity contribution in [1.82, 2.24) is 10.2 Å². The third-order valence-electron chi connectivity index (χ3n) is 4.66. The van der Waals surface area contributed by atoms with Gasteiger partial charge in [-0.3, -0.25) is 4.90 Å². The van der Waals surface area contributed by atoms with Crippen LogP contribution in [0.1, 0.15) is 65.7 Å². The number of aliphatic hydroxyl groups is 1. The Bertz CT molecular complexity index is 274. The Balaban J connectivity index is 1.94. The number of hydrogen-bond acceptors (Lipinski definition) is 3. The van der Waals surface area contributed by atoms with Gasteiger partial charge in [0.15, 0.2) is 0 Å². The van der Waals surface area contributed by atoms with Gasteiger partial charge in [-0.05, 0) is 53.0 Å². The highest BCUT2D eigenvalue weighted by Gasteiger charge is 2.34. The normalized spacial score (nSPS) is 34.4. The van der Waals surface area contributed by atoms with E-state index in [2.05, 4.69) is 31.0 Å². The van der Waals surface area contributed by atoms with Crippen molar-refractivity contribution in [1.29, 1.82) is 0 Å². The second-order valence-electron chi connectivity index (χ2n) is 7.44. The van der Waals surface area contributed by atoms with Gasteiger partial charge in [0.1, 0.15) is 0 Å². The van der Waals surface area contributed by atoms with Gasteiger partial charge < -0.3 is 10.4 Å². The summed E-state index contributed by atoms with van der Waals surface area (Å²) in [5.41, 5.74) is 0.189. The molecule has 1 saturated heterocycles. The number of aliphatic hydroxyl groups excluding tert-OH is 1. The van der Waals surface area contributed by atoms with Crippen LogP contribution in [0.5, 0.6) is 0 Å². The Labute approximate surface area is 118 Å². The van der Waals surface area contributed by atoms with Crippen LogP contribution in [0.15, 0.2) is 0 Å². The molecule has 0 radical (unpaired) electrons. The standard InChI is InChI=1S/C16H32N2O/c1-16(2,3)17-12-13-8-6-7-11-18(13)14-9-4-5-10-15(14)19/h13-15,17,19H,4-12H2,1-3H3. The largest absolute Gasteiger partial charge is 0.391 e. The highest BCUT2D eigenvalue weighted by molar-refractivity contribution is 4.90. The van der Waals surface area contributed by atoms with Crippen molar-refractivity contribution in [3.8, 4) is 0 Å². The molecule has 112 valence electrons. The molecule has 2 N–H and O–H groups in total. The first-order valence-corrected chi connectivity index (χ1v) is 8.16. The lowest BCUT2D eigenvalue weighted by Gasteiger charge is -2.45. The van der Waals surface area contributed by atoms with Crippen molar-refractivity contribution in [2.75, 3.05) is 13.1 Å². The topological polar surface area (TPSA) is 35.5 Å². The number of nitrogens with zero attached hydrogens (tertiary/aromatic N) is 1. The molecule has 0 bridgehead atoms. The van der Waals surface area contributed by atoms with Gasteiger partial charge in [0, 0.05) is 24.2 Å². The summed E-state index contributed by atoms with van der Waals surface area (Å²) in [6, 6.07) is 1.03. The van der Waals surface area contributed by atoms with Gasteiger partial charge in [0.25, 0.3) is 0 Å². The number of hydrogen-bond donors (Lipinski definition) is 2. The summed E-state index contributed by atoms with van der Waals surface area (Å²) in [4.78, 5) is 2.62. The van der Waals surface area contributed by atoms with Gasteiger partial charge in [0.05, 0.1) is 6.10 Å². The average Bonchev–Trinajstić information content (AvgIpc) is 2.37. The van der Waals surface area contributed by atoms with Gasteiger partial charge in [-0.25, -0.2) is 0 Å². The molecule has 0 spiro atoms. The third-order valence-corrected chi connectivity index (χ3v) is 4.66. The van der Waals surface area contributed by atoms with Gasteiger partial charge >= 0.3 is 0 Å². The van der Waals surface area contributed by atoms with Crippen LogP contribution in [0.25, 0.3) is 0 Å². The molecule has 19 heavy (non-hydrogen) atoms. The predicted molar refractivity (Wildman–Crippen MR) is 80.4 cm³/mol. The zero-order chi connectivity index (χ0) is 13.9. The van der Waals surface area contributed by atoms with E-state index in [9.17, 15) is 5.11 Å². The molecule has 2 fully saturated rings. The van der Waals surface area contributed by atoms with E-state index in [-0.39, 0.29) is 11.6 Å². The lowest BCUT2D eigenvalue weighted by Crippen LogP contribution is -2.56. The number of likely N-dealkylation sites (tertiary alicyclic amines) is 1. The number of rotatable bonds is 3. The molecule has 3 unspecified atom stereocenters. The van der Waals surface area contributed by atoms with Crippen molar-refractivity contribution < 1.29 is 5.11 Å². The van der Waals surface area contributed by atoms with Crippen molar-refractivity contribution >= 4 is 0 Å². The maximum absolute atomic E-state index is 10.3. The van der Waals surface area contributed by atoms with E-state index in [1.54, 1.807) is 0 Å². The summed E-state index contributed by atoms with van der Waals surface area (Å²) in [6.45, 7) is 8.94. The van der Waals surface area contributed by atoms with Crippen molar-refractivity contribution in [3.05, 3.63) is 0 Å². The molecule has 0 aromatic heterocycles. The van der Waals surface area contributed by atoms with Gasteiger partial charge in [0.2, 0.25) is 0 Å². The summed E-state index contributed by atoms with van der Waals surface area (Å²) in [5.74, 6) is 0. The minimum atomic E-state index is -0.0935. The molecule has 3 nitrogen and oxygen atoms in total. The number of piperidine rings is 1. The average molecular weight is 268 g/mol. The summed E-state index contributed by atoms with van der Waals surface area (Å²) >= 11 is 0. The molecular formula is C16H32N2O. The van der Waals surface area contributed by atoms with E-state index in [0.717, 1.165) is 13.0 Å². The maximum atomic E-state index is 10.3. The monoisotopic (exact) mass is 268 g/mol. The Morgan fingerprint density at radius 3 is 2.42 bits per heavy atom. The molecule has 0 amide bonds. The molecule has 0 aromatic rings. The second kappa shape index (κ2) is 6.55. The predicted octanol–water partition coefficient (Wildman–Crippen LogP) is 2.53. The molecule has 1 saturated carbocycles. The van der Waals surface area contributed by atoms with Crippen LogP contribution in [0.4, 0.5) is 0 Å². The summed E-state index contributed by atoms with van der Waals surface area (Å²) in [7, 11) is 0. The fraction of sp³-hybridized carbons (Fsp3) is 1.00. The molecule has 1 heterocycles. The Kier molecular flexibility index (Phi) is 5.27. The summed E-state index contributed by atoms with van der Waals surface area (Å²) in [5, 5.41) is 14.0. The smallest absolute Gasteiger partial charge is 0.0695 e. The highest BCUT2D eigenvalue weighted by atomic mass is 16.3. The van der Waals surface area contributed by atoms with E-state index in [4.69, 9.17) is 0 Å². The van der Waals surface area contributed by atoms with Crippen LogP contribution < -0.4 is 5.32 Å². The van der Waals surface area contributed by atoms with Crippen molar-refractivity contribution in [2.45, 2.75) is 89.4 Å². The van der Waals surface area contributed by atoms with E-state index >= 15 is 0 Å². The van der Waals surface area contributed by atoms with E-state index < -0.39 is 0 Å². The maximum Gasteiger partial charge on any atom is 0.0695 e. The summed E-state index contributed by atoms with van der Waals surface area (Å²) in [6.07, 6.45) is 8.52. The molecule has 1 aliphatic heterocycles. The van der Waals surface area contributed by atoms with Gasteiger partial charge in [-0.15, -0.1) is 0 Å². The van der Waals surface area contributed by atoms with Crippen LogP contribution in [0.3, 0.4) is 0 Å². The minimum absolute atomic E-state index is 0.0935. The third kappa shape index (κ3) is 4.44. The fourth-order valence-corrected chi connectivity index (χ4v) is 3.58. The zero-order valence-corrected chi connectivity index (χ0v) is 13.0.